The van der Waals surface area contributed by atoms with E-state index in [4.69, 9.17) is 5.73 Å². The van der Waals surface area contributed by atoms with Crippen molar-refractivity contribution < 1.29 is 4.39 Å². The van der Waals surface area contributed by atoms with Crippen molar-refractivity contribution in [3.63, 3.8) is 0 Å². The summed E-state index contributed by atoms with van der Waals surface area (Å²) < 4.78 is 16.2. The first-order valence-corrected chi connectivity index (χ1v) is 9.97. The normalized spacial score (nSPS) is 24.0. The average molecular weight is 393 g/mol. The van der Waals surface area contributed by atoms with Crippen molar-refractivity contribution >= 4 is 17.0 Å². The predicted molar refractivity (Wildman–Crippen MR) is 110 cm³/mol. The van der Waals surface area contributed by atoms with Crippen LogP contribution in [0.5, 0.6) is 0 Å². The molecule has 3 aromatic rings. The number of hydrogen-bond acceptors (Lipinski definition) is 6. The van der Waals surface area contributed by atoms with E-state index in [0.717, 1.165) is 42.8 Å². The highest BCUT2D eigenvalue weighted by atomic mass is 19.1. The van der Waals surface area contributed by atoms with Crippen LogP contribution in [-0.4, -0.2) is 33.7 Å². The monoisotopic (exact) mass is 393 g/mol. The standard InChI is InChI=1S/C21H24FN7/c1-12-5-17(28-29-10-13(2)25-20(12)29)14-6-16(22)19(23)18(7-14)27-26-15-8-21(9-15)3-4-24-11-21/h5-7,10,15,24H,3-4,8-9,11,23H2,1-2H3. The molecule has 3 heterocycles. The van der Waals surface area contributed by atoms with E-state index in [1.807, 2.05) is 26.1 Å². The number of aromatic nitrogens is 3. The Hall–Kier alpha value is -2.87. The number of hydrogen-bond donors (Lipinski definition) is 2. The summed E-state index contributed by atoms with van der Waals surface area (Å²) in [4.78, 5) is 4.46. The number of benzene rings is 1. The molecular weight excluding hydrogens is 369 g/mol. The Kier molecular flexibility index (Phi) is 4.13. The number of anilines is 1. The second-order valence-corrected chi connectivity index (χ2v) is 8.46. The molecule has 0 amide bonds. The Labute approximate surface area is 168 Å². The highest BCUT2D eigenvalue weighted by molar-refractivity contribution is 5.73. The Balaban J connectivity index is 1.45. The largest absolute Gasteiger partial charge is 0.395 e. The summed E-state index contributed by atoms with van der Waals surface area (Å²) in [5, 5.41) is 16.7. The minimum Gasteiger partial charge on any atom is -0.395 e. The fraction of sp³-hybridized carbons (Fsp3) is 0.429. The molecule has 1 aliphatic heterocycles. The van der Waals surface area contributed by atoms with Crippen LogP contribution >= 0.6 is 0 Å². The van der Waals surface area contributed by atoms with Crippen LogP contribution in [0.2, 0.25) is 0 Å². The van der Waals surface area contributed by atoms with Gasteiger partial charge in [-0.3, -0.25) is 0 Å². The summed E-state index contributed by atoms with van der Waals surface area (Å²) in [7, 11) is 0. The zero-order valence-corrected chi connectivity index (χ0v) is 16.6. The van der Waals surface area contributed by atoms with Gasteiger partial charge in [0.2, 0.25) is 0 Å². The van der Waals surface area contributed by atoms with Crippen molar-refractivity contribution in [2.75, 3.05) is 18.8 Å². The number of nitrogens with two attached hydrogens (primary N) is 1. The Morgan fingerprint density at radius 1 is 1.28 bits per heavy atom. The zero-order valence-electron chi connectivity index (χ0n) is 16.6. The topological polar surface area (TPSA) is 93.0 Å². The Morgan fingerprint density at radius 2 is 2.10 bits per heavy atom. The number of azo groups is 1. The summed E-state index contributed by atoms with van der Waals surface area (Å²) in [6, 6.07) is 5.24. The first kappa shape index (κ1) is 18.2. The first-order chi connectivity index (χ1) is 13.9. The van der Waals surface area contributed by atoms with E-state index in [1.165, 1.54) is 12.5 Å². The summed E-state index contributed by atoms with van der Waals surface area (Å²) in [6.45, 7) is 6.02. The zero-order chi connectivity index (χ0) is 20.2. The van der Waals surface area contributed by atoms with Crippen LogP contribution in [0.25, 0.3) is 16.9 Å². The van der Waals surface area contributed by atoms with Gasteiger partial charge in [-0.2, -0.15) is 15.3 Å². The van der Waals surface area contributed by atoms with Crippen molar-refractivity contribution in [2.24, 2.45) is 15.6 Å². The number of aryl methyl sites for hydroxylation is 2. The van der Waals surface area contributed by atoms with E-state index in [2.05, 4.69) is 25.6 Å². The molecule has 1 saturated heterocycles. The van der Waals surface area contributed by atoms with Gasteiger partial charge in [0, 0.05) is 12.1 Å². The Morgan fingerprint density at radius 3 is 2.86 bits per heavy atom. The van der Waals surface area contributed by atoms with Crippen LogP contribution in [0, 0.1) is 25.1 Å². The molecule has 1 aromatic carbocycles. The van der Waals surface area contributed by atoms with Crippen LogP contribution in [0.1, 0.15) is 30.5 Å². The fourth-order valence-corrected chi connectivity index (χ4v) is 4.53. The molecule has 1 spiro atoms. The molecule has 7 nitrogen and oxygen atoms in total. The Bertz CT molecular complexity index is 1120. The van der Waals surface area contributed by atoms with E-state index < -0.39 is 5.82 Å². The molecule has 3 N–H and O–H groups in total. The van der Waals surface area contributed by atoms with Gasteiger partial charge in [0.1, 0.15) is 11.5 Å². The summed E-state index contributed by atoms with van der Waals surface area (Å²) in [6.07, 6.45) is 5.11. The molecule has 29 heavy (non-hydrogen) atoms. The summed E-state index contributed by atoms with van der Waals surface area (Å²) >= 11 is 0. The van der Waals surface area contributed by atoms with Gasteiger partial charge in [0.25, 0.3) is 0 Å². The minimum atomic E-state index is -0.511. The lowest BCUT2D eigenvalue weighted by Crippen LogP contribution is -2.41. The highest BCUT2D eigenvalue weighted by Gasteiger charge is 2.46. The van der Waals surface area contributed by atoms with Crippen molar-refractivity contribution in [2.45, 2.75) is 39.2 Å². The molecule has 1 aliphatic carbocycles. The van der Waals surface area contributed by atoms with Gasteiger partial charge in [-0.15, -0.1) is 0 Å². The van der Waals surface area contributed by atoms with Gasteiger partial charge in [0.05, 0.1) is 29.3 Å². The molecule has 0 radical (unpaired) electrons. The maximum atomic E-state index is 14.5. The van der Waals surface area contributed by atoms with Gasteiger partial charge in [-0.05, 0) is 68.8 Å². The van der Waals surface area contributed by atoms with Gasteiger partial charge in [0.15, 0.2) is 5.65 Å². The van der Waals surface area contributed by atoms with Crippen molar-refractivity contribution in [3.8, 4) is 11.3 Å². The smallest absolute Gasteiger partial charge is 0.156 e. The lowest BCUT2D eigenvalue weighted by atomic mass is 9.65. The maximum Gasteiger partial charge on any atom is 0.156 e. The van der Waals surface area contributed by atoms with Crippen molar-refractivity contribution in [1.29, 1.82) is 0 Å². The van der Waals surface area contributed by atoms with Crippen LogP contribution in [0.4, 0.5) is 15.8 Å². The summed E-state index contributed by atoms with van der Waals surface area (Å²) in [5.41, 5.74) is 10.6. The molecule has 8 heteroatoms. The highest BCUT2D eigenvalue weighted by Crippen LogP contribution is 2.47. The van der Waals surface area contributed by atoms with Crippen LogP contribution < -0.4 is 11.1 Å². The number of nitrogens with zero attached hydrogens (tertiary/aromatic N) is 5. The molecule has 2 fully saturated rings. The molecule has 0 atom stereocenters. The number of rotatable bonds is 3. The number of imidazole rings is 1. The number of nitrogen functional groups attached to an aromatic ring is 1. The lowest BCUT2D eigenvalue weighted by molar-refractivity contribution is 0.127. The second-order valence-electron chi connectivity index (χ2n) is 8.46. The van der Waals surface area contributed by atoms with E-state index >= 15 is 0 Å². The molecule has 0 unspecified atom stereocenters. The molecule has 5 rings (SSSR count). The lowest BCUT2D eigenvalue weighted by Gasteiger charge is -2.42. The van der Waals surface area contributed by atoms with E-state index in [1.54, 1.807) is 10.6 Å². The molecule has 2 aliphatic rings. The van der Waals surface area contributed by atoms with Crippen LogP contribution in [0.15, 0.2) is 34.6 Å². The molecular formula is C21H24FN7. The van der Waals surface area contributed by atoms with Crippen LogP contribution in [-0.2, 0) is 0 Å². The second kappa shape index (κ2) is 6.59. The number of fused-ring (bicyclic) bond motifs is 1. The quantitative estimate of drug-likeness (QED) is 0.520. The third kappa shape index (κ3) is 3.17. The molecule has 2 aromatic heterocycles. The first-order valence-electron chi connectivity index (χ1n) is 9.97. The number of nitrogens with one attached hydrogen (secondary N) is 1. The number of halogens is 1. The SMILES string of the molecule is Cc1cn2nc(-c3cc(F)c(N)c(N=NC4CC5(CCNC5)C4)c3)cc(C)c2n1. The van der Waals surface area contributed by atoms with E-state index in [-0.39, 0.29) is 11.7 Å². The predicted octanol–water partition coefficient (Wildman–Crippen LogP) is 3.96. The fourth-order valence-electron chi connectivity index (χ4n) is 4.53. The summed E-state index contributed by atoms with van der Waals surface area (Å²) in [5.74, 6) is -0.511. The van der Waals surface area contributed by atoms with Gasteiger partial charge < -0.3 is 11.1 Å². The third-order valence-corrected chi connectivity index (χ3v) is 6.13. The van der Waals surface area contributed by atoms with Gasteiger partial charge >= 0.3 is 0 Å². The molecule has 1 saturated carbocycles. The minimum absolute atomic E-state index is 0.0188. The third-order valence-electron chi connectivity index (χ3n) is 6.13. The average Bonchev–Trinajstić information content (AvgIpc) is 3.28. The van der Waals surface area contributed by atoms with Crippen molar-refractivity contribution in [1.82, 2.24) is 19.9 Å². The molecule has 150 valence electrons. The van der Waals surface area contributed by atoms with Gasteiger partial charge in [-0.1, -0.05) is 0 Å². The van der Waals surface area contributed by atoms with E-state index in [9.17, 15) is 4.39 Å². The molecule has 0 bridgehead atoms. The van der Waals surface area contributed by atoms with Gasteiger partial charge in [-0.25, -0.2) is 13.9 Å². The van der Waals surface area contributed by atoms with E-state index in [0.29, 0.717) is 22.4 Å². The van der Waals surface area contributed by atoms with Crippen LogP contribution in [0.3, 0.4) is 0 Å². The van der Waals surface area contributed by atoms with Crippen molar-refractivity contribution in [3.05, 3.63) is 41.5 Å². The maximum absolute atomic E-state index is 14.5.